The average Bonchev–Trinajstić information content (AvgIpc) is 2.28. The minimum absolute atomic E-state index is 0.0349. The van der Waals surface area contributed by atoms with Crippen LogP contribution in [0.15, 0.2) is 36.9 Å². The SMILES string of the molecule is C=C[C@H](C)C[C@H](O)c1ccc([N+](=O)[O-])cc1. The third-order valence-electron chi connectivity index (χ3n) is 2.49. The second kappa shape index (κ2) is 5.42. The van der Waals surface area contributed by atoms with Crippen LogP contribution in [0.4, 0.5) is 5.69 Å². The Bertz CT molecular complexity index is 372. The fourth-order valence-corrected chi connectivity index (χ4v) is 1.40. The molecule has 0 unspecified atom stereocenters. The summed E-state index contributed by atoms with van der Waals surface area (Å²) in [6, 6.07) is 5.96. The summed E-state index contributed by atoms with van der Waals surface area (Å²) in [4.78, 5) is 9.98. The summed E-state index contributed by atoms with van der Waals surface area (Å²) in [6.07, 6.45) is 1.74. The quantitative estimate of drug-likeness (QED) is 0.472. The molecule has 0 amide bonds. The van der Waals surface area contributed by atoms with E-state index in [9.17, 15) is 15.2 Å². The summed E-state index contributed by atoms with van der Waals surface area (Å²) < 4.78 is 0. The Balaban J connectivity index is 2.73. The Morgan fingerprint density at radius 1 is 1.50 bits per heavy atom. The predicted molar refractivity (Wildman–Crippen MR) is 62.0 cm³/mol. The Kier molecular flexibility index (Phi) is 4.19. The van der Waals surface area contributed by atoms with E-state index in [0.717, 1.165) is 0 Å². The monoisotopic (exact) mass is 221 g/mol. The van der Waals surface area contributed by atoms with E-state index in [4.69, 9.17) is 0 Å². The minimum Gasteiger partial charge on any atom is -0.388 e. The smallest absolute Gasteiger partial charge is 0.269 e. The topological polar surface area (TPSA) is 63.4 Å². The lowest BCUT2D eigenvalue weighted by Crippen LogP contribution is -2.02. The molecule has 0 aliphatic rings. The molecule has 0 fully saturated rings. The number of nitro benzene ring substituents is 1. The largest absolute Gasteiger partial charge is 0.388 e. The fraction of sp³-hybridized carbons (Fsp3) is 0.333. The van der Waals surface area contributed by atoms with Crippen LogP contribution in [0.2, 0.25) is 0 Å². The summed E-state index contributed by atoms with van der Waals surface area (Å²) in [7, 11) is 0. The van der Waals surface area contributed by atoms with E-state index in [-0.39, 0.29) is 11.6 Å². The van der Waals surface area contributed by atoms with Crippen molar-refractivity contribution in [2.24, 2.45) is 5.92 Å². The molecule has 0 spiro atoms. The minimum atomic E-state index is -0.603. The first-order valence-electron chi connectivity index (χ1n) is 5.09. The number of hydrogen-bond acceptors (Lipinski definition) is 3. The normalized spacial score (nSPS) is 14.1. The average molecular weight is 221 g/mol. The molecule has 4 nitrogen and oxygen atoms in total. The maximum Gasteiger partial charge on any atom is 0.269 e. The molecule has 1 rings (SSSR count). The zero-order chi connectivity index (χ0) is 12.1. The number of rotatable bonds is 5. The van der Waals surface area contributed by atoms with Crippen molar-refractivity contribution in [1.82, 2.24) is 0 Å². The third kappa shape index (κ3) is 3.17. The predicted octanol–water partition coefficient (Wildman–Crippen LogP) is 2.84. The van der Waals surface area contributed by atoms with Gasteiger partial charge in [-0.3, -0.25) is 10.1 Å². The molecule has 0 aromatic heterocycles. The van der Waals surface area contributed by atoms with Gasteiger partial charge in [0.05, 0.1) is 11.0 Å². The maximum absolute atomic E-state index is 10.4. The molecule has 0 saturated heterocycles. The van der Waals surface area contributed by atoms with Crippen LogP contribution in [-0.4, -0.2) is 10.0 Å². The van der Waals surface area contributed by atoms with Crippen molar-refractivity contribution in [3.05, 3.63) is 52.6 Å². The van der Waals surface area contributed by atoms with Gasteiger partial charge in [0.15, 0.2) is 0 Å². The summed E-state index contributed by atoms with van der Waals surface area (Å²) >= 11 is 0. The third-order valence-corrected chi connectivity index (χ3v) is 2.49. The van der Waals surface area contributed by atoms with Gasteiger partial charge in [-0.25, -0.2) is 0 Å². The molecule has 1 aromatic rings. The van der Waals surface area contributed by atoms with Gasteiger partial charge in [-0.15, -0.1) is 6.58 Å². The van der Waals surface area contributed by atoms with Gasteiger partial charge in [-0.1, -0.05) is 13.0 Å². The van der Waals surface area contributed by atoms with Gasteiger partial charge in [0.25, 0.3) is 5.69 Å². The van der Waals surface area contributed by atoms with E-state index < -0.39 is 11.0 Å². The molecule has 0 aliphatic heterocycles. The summed E-state index contributed by atoms with van der Waals surface area (Å²) in [5.74, 6) is 0.213. The molecule has 1 N–H and O–H groups in total. The molecule has 0 aliphatic carbocycles. The number of benzene rings is 1. The highest BCUT2D eigenvalue weighted by atomic mass is 16.6. The Hall–Kier alpha value is -1.68. The van der Waals surface area contributed by atoms with Gasteiger partial charge in [0.2, 0.25) is 0 Å². The second-order valence-corrected chi connectivity index (χ2v) is 3.81. The highest BCUT2D eigenvalue weighted by Crippen LogP contribution is 2.23. The first-order valence-corrected chi connectivity index (χ1v) is 5.09. The Morgan fingerprint density at radius 2 is 2.06 bits per heavy atom. The Morgan fingerprint density at radius 3 is 2.50 bits per heavy atom. The van der Waals surface area contributed by atoms with Gasteiger partial charge >= 0.3 is 0 Å². The van der Waals surface area contributed by atoms with Crippen LogP contribution < -0.4 is 0 Å². The van der Waals surface area contributed by atoms with Crippen molar-refractivity contribution < 1.29 is 10.0 Å². The first-order chi connectivity index (χ1) is 7.54. The molecule has 0 radical (unpaired) electrons. The molecule has 1 aromatic carbocycles. The standard InChI is InChI=1S/C12H15NO3/c1-3-9(2)8-12(14)10-4-6-11(7-5-10)13(15)16/h3-7,9,12,14H,1,8H2,2H3/t9-,12-/m0/s1. The summed E-state index contributed by atoms with van der Waals surface area (Å²) in [5.41, 5.74) is 0.729. The molecule has 86 valence electrons. The number of nitro groups is 1. The maximum atomic E-state index is 10.4. The van der Waals surface area contributed by atoms with Gasteiger partial charge in [-0.2, -0.15) is 0 Å². The van der Waals surface area contributed by atoms with Crippen molar-refractivity contribution >= 4 is 5.69 Å². The molecule has 0 bridgehead atoms. The highest BCUT2D eigenvalue weighted by Gasteiger charge is 2.12. The Labute approximate surface area is 94.4 Å². The lowest BCUT2D eigenvalue weighted by Gasteiger charge is -2.13. The zero-order valence-corrected chi connectivity index (χ0v) is 9.17. The van der Waals surface area contributed by atoms with E-state index in [2.05, 4.69) is 6.58 Å². The lowest BCUT2D eigenvalue weighted by atomic mass is 9.98. The molecule has 2 atom stereocenters. The van der Waals surface area contributed by atoms with E-state index in [1.165, 1.54) is 12.1 Å². The van der Waals surface area contributed by atoms with Gasteiger partial charge in [-0.05, 0) is 30.0 Å². The molecular formula is C12H15NO3. The van der Waals surface area contributed by atoms with Crippen molar-refractivity contribution in [1.29, 1.82) is 0 Å². The molecule has 0 saturated carbocycles. The van der Waals surface area contributed by atoms with E-state index in [0.29, 0.717) is 12.0 Å². The van der Waals surface area contributed by atoms with Crippen LogP contribution in [0.3, 0.4) is 0 Å². The summed E-state index contributed by atoms with van der Waals surface area (Å²) in [6.45, 7) is 5.60. The van der Waals surface area contributed by atoms with Gasteiger partial charge in [0, 0.05) is 12.1 Å². The number of aliphatic hydroxyl groups excluding tert-OH is 1. The van der Waals surface area contributed by atoms with E-state index >= 15 is 0 Å². The van der Waals surface area contributed by atoms with Crippen molar-refractivity contribution in [3.63, 3.8) is 0 Å². The van der Waals surface area contributed by atoms with E-state index in [1.54, 1.807) is 18.2 Å². The van der Waals surface area contributed by atoms with Gasteiger partial charge < -0.3 is 5.11 Å². The van der Waals surface area contributed by atoms with Crippen LogP contribution in [-0.2, 0) is 0 Å². The number of hydrogen-bond donors (Lipinski definition) is 1. The number of allylic oxidation sites excluding steroid dienone is 1. The lowest BCUT2D eigenvalue weighted by molar-refractivity contribution is -0.384. The number of non-ortho nitro benzene ring substituents is 1. The zero-order valence-electron chi connectivity index (χ0n) is 9.17. The van der Waals surface area contributed by atoms with Crippen molar-refractivity contribution in [2.75, 3.05) is 0 Å². The first kappa shape index (κ1) is 12.4. The van der Waals surface area contributed by atoms with Crippen LogP contribution in [0, 0.1) is 16.0 Å². The summed E-state index contributed by atoms with van der Waals surface area (Å²) in [5, 5.41) is 20.3. The highest BCUT2D eigenvalue weighted by molar-refractivity contribution is 5.33. The second-order valence-electron chi connectivity index (χ2n) is 3.81. The van der Waals surface area contributed by atoms with Crippen LogP contribution in [0.25, 0.3) is 0 Å². The van der Waals surface area contributed by atoms with E-state index in [1.807, 2.05) is 6.92 Å². The fourth-order valence-electron chi connectivity index (χ4n) is 1.40. The molecule has 0 heterocycles. The molecular weight excluding hydrogens is 206 g/mol. The van der Waals surface area contributed by atoms with Crippen molar-refractivity contribution in [2.45, 2.75) is 19.4 Å². The van der Waals surface area contributed by atoms with Crippen molar-refractivity contribution in [3.8, 4) is 0 Å². The number of nitrogens with zero attached hydrogens (tertiary/aromatic N) is 1. The van der Waals surface area contributed by atoms with Crippen LogP contribution >= 0.6 is 0 Å². The number of aliphatic hydroxyl groups is 1. The van der Waals surface area contributed by atoms with Gasteiger partial charge in [0.1, 0.15) is 0 Å². The molecule has 16 heavy (non-hydrogen) atoms. The van der Waals surface area contributed by atoms with Crippen LogP contribution in [0.1, 0.15) is 25.0 Å². The van der Waals surface area contributed by atoms with Crippen LogP contribution in [0.5, 0.6) is 0 Å². The molecule has 4 heteroatoms.